The summed E-state index contributed by atoms with van der Waals surface area (Å²) in [6.45, 7) is 7.87. The molecule has 1 aromatic rings. The van der Waals surface area contributed by atoms with Crippen LogP contribution < -0.4 is 5.32 Å². The van der Waals surface area contributed by atoms with Crippen LogP contribution in [0.15, 0.2) is 18.2 Å². The van der Waals surface area contributed by atoms with Gasteiger partial charge in [-0.3, -0.25) is 0 Å². The summed E-state index contributed by atoms with van der Waals surface area (Å²) in [6.07, 6.45) is 2.42. The second-order valence-corrected chi connectivity index (χ2v) is 5.74. The van der Waals surface area contributed by atoms with Gasteiger partial charge in [0.05, 0.1) is 10.7 Å². The molecule has 0 amide bonds. The molecule has 1 saturated heterocycles. The van der Waals surface area contributed by atoms with Crippen LogP contribution in [0.3, 0.4) is 0 Å². The quantitative estimate of drug-likeness (QED) is 0.899. The highest BCUT2D eigenvalue weighted by molar-refractivity contribution is 6.33. The lowest BCUT2D eigenvalue weighted by molar-refractivity contribution is 0.183. The van der Waals surface area contributed by atoms with Gasteiger partial charge in [0, 0.05) is 6.04 Å². The van der Waals surface area contributed by atoms with Crippen molar-refractivity contribution < 1.29 is 4.39 Å². The summed E-state index contributed by atoms with van der Waals surface area (Å²) < 4.78 is 13.0. The molecule has 1 aliphatic rings. The molecule has 106 valence electrons. The van der Waals surface area contributed by atoms with Crippen LogP contribution in [-0.2, 0) is 0 Å². The number of halogens is 2. The molecule has 2 rings (SSSR count). The van der Waals surface area contributed by atoms with Crippen LogP contribution in [0.4, 0.5) is 10.1 Å². The zero-order valence-electron chi connectivity index (χ0n) is 11.6. The molecule has 0 aromatic heterocycles. The van der Waals surface area contributed by atoms with Gasteiger partial charge >= 0.3 is 0 Å². The van der Waals surface area contributed by atoms with Crippen LogP contribution >= 0.6 is 11.6 Å². The van der Waals surface area contributed by atoms with Crippen molar-refractivity contribution in [3.63, 3.8) is 0 Å². The minimum Gasteiger partial charge on any atom is -0.381 e. The monoisotopic (exact) mass is 284 g/mol. The summed E-state index contributed by atoms with van der Waals surface area (Å²) in [5.74, 6) is 0.364. The number of nitrogens with zero attached hydrogens (tertiary/aromatic N) is 1. The molecule has 0 aliphatic carbocycles. The van der Waals surface area contributed by atoms with Crippen LogP contribution in [-0.4, -0.2) is 30.6 Å². The summed E-state index contributed by atoms with van der Waals surface area (Å²) in [5, 5.41) is 3.88. The smallest absolute Gasteiger partial charge is 0.124 e. The van der Waals surface area contributed by atoms with E-state index in [-0.39, 0.29) is 5.82 Å². The number of anilines is 1. The largest absolute Gasteiger partial charge is 0.381 e. The fourth-order valence-corrected chi connectivity index (χ4v) is 2.96. The summed E-state index contributed by atoms with van der Waals surface area (Å²) in [5.41, 5.74) is 0.827. The molecule has 1 aliphatic heterocycles. The second kappa shape index (κ2) is 6.58. The first-order valence-corrected chi connectivity index (χ1v) is 7.42. The second-order valence-electron chi connectivity index (χ2n) is 5.33. The Labute approximate surface area is 119 Å². The van der Waals surface area contributed by atoms with Crippen molar-refractivity contribution >= 4 is 17.3 Å². The maximum atomic E-state index is 13.0. The summed E-state index contributed by atoms with van der Waals surface area (Å²) >= 11 is 6.05. The Hall–Kier alpha value is -0.800. The van der Waals surface area contributed by atoms with Crippen molar-refractivity contribution in [3.8, 4) is 0 Å². The van der Waals surface area contributed by atoms with Crippen molar-refractivity contribution in [2.24, 2.45) is 5.92 Å². The van der Waals surface area contributed by atoms with Gasteiger partial charge in [0.2, 0.25) is 0 Å². The fraction of sp³-hybridized carbons (Fsp3) is 0.600. The van der Waals surface area contributed by atoms with Crippen LogP contribution in [0, 0.1) is 11.7 Å². The number of hydrogen-bond donors (Lipinski definition) is 1. The zero-order chi connectivity index (χ0) is 13.8. The van der Waals surface area contributed by atoms with E-state index in [4.69, 9.17) is 11.6 Å². The SMILES string of the molecule is CCN1CCC(C(C)Nc2ccc(F)cc2Cl)CC1. The predicted octanol–water partition coefficient (Wildman–Crippen LogP) is 4.01. The van der Waals surface area contributed by atoms with Gasteiger partial charge in [-0.2, -0.15) is 0 Å². The molecule has 0 radical (unpaired) electrons. The van der Waals surface area contributed by atoms with Crippen molar-refractivity contribution in [2.75, 3.05) is 25.0 Å². The van der Waals surface area contributed by atoms with Crippen molar-refractivity contribution in [2.45, 2.75) is 32.7 Å². The Morgan fingerprint density at radius 2 is 2.11 bits per heavy atom. The Bertz CT molecular complexity index is 417. The first kappa shape index (κ1) is 14.6. The van der Waals surface area contributed by atoms with Gasteiger partial charge in [0.15, 0.2) is 0 Å². The molecular weight excluding hydrogens is 263 g/mol. The van der Waals surface area contributed by atoms with Gasteiger partial charge in [0.25, 0.3) is 0 Å². The highest BCUT2D eigenvalue weighted by Gasteiger charge is 2.23. The summed E-state index contributed by atoms with van der Waals surface area (Å²) in [7, 11) is 0. The molecule has 0 bridgehead atoms. The molecule has 4 heteroatoms. The van der Waals surface area contributed by atoms with Crippen molar-refractivity contribution in [1.82, 2.24) is 4.90 Å². The maximum absolute atomic E-state index is 13.0. The number of piperidine rings is 1. The predicted molar refractivity (Wildman–Crippen MR) is 79.3 cm³/mol. The summed E-state index contributed by atoms with van der Waals surface area (Å²) in [4.78, 5) is 2.48. The Morgan fingerprint density at radius 3 is 2.68 bits per heavy atom. The molecule has 2 nitrogen and oxygen atoms in total. The molecule has 1 atom stereocenters. The number of likely N-dealkylation sites (tertiary alicyclic amines) is 1. The molecule has 0 spiro atoms. The maximum Gasteiger partial charge on any atom is 0.124 e. The Kier molecular flexibility index (Phi) is 5.06. The van der Waals surface area contributed by atoms with Gasteiger partial charge < -0.3 is 10.2 Å². The lowest BCUT2D eigenvalue weighted by Crippen LogP contribution is -2.39. The number of benzene rings is 1. The fourth-order valence-electron chi connectivity index (χ4n) is 2.74. The van der Waals surface area contributed by atoms with E-state index < -0.39 is 0 Å². The number of nitrogens with one attached hydrogen (secondary N) is 1. The van der Waals surface area contributed by atoms with Gasteiger partial charge in [-0.1, -0.05) is 18.5 Å². The van der Waals surface area contributed by atoms with E-state index in [1.165, 1.54) is 38.1 Å². The van der Waals surface area contributed by atoms with E-state index in [0.717, 1.165) is 12.2 Å². The lowest BCUT2D eigenvalue weighted by Gasteiger charge is -2.35. The zero-order valence-corrected chi connectivity index (χ0v) is 12.4. The lowest BCUT2D eigenvalue weighted by atomic mass is 9.90. The van der Waals surface area contributed by atoms with E-state index in [1.54, 1.807) is 6.07 Å². The molecule has 0 saturated carbocycles. The van der Waals surface area contributed by atoms with Crippen LogP contribution in [0.25, 0.3) is 0 Å². The minimum atomic E-state index is -0.292. The highest BCUT2D eigenvalue weighted by atomic mass is 35.5. The molecule has 1 fully saturated rings. The third-order valence-electron chi connectivity index (χ3n) is 4.10. The molecule has 1 unspecified atom stereocenters. The third kappa shape index (κ3) is 3.83. The first-order valence-electron chi connectivity index (χ1n) is 7.04. The van der Waals surface area contributed by atoms with Gasteiger partial charge in [-0.05, 0) is 63.5 Å². The van der Waals surface area contributed by atoms with Crippen LogP contribution in [0.1, 0.15) is 26.7 Å². The standard InChI is InChI=1S/C15H22ClFN2/c1-3-19-8-6-12(7-9-19)11(2)18-15-5-4-13(17)10-14(15)16/h4-5,10-12,18H,3,6-9H2,1-2H3. The van der Waals surface area contributed by atoms with E-state index in [9.17, 15) is 4.39 Å². The molecular formula is C15H22ClFN2. The van der Waals surface area contributed by atoms with Crippen molar-refractivity contribution in [1.29, 1.82) is 0 Å². The van der Waals surface area contributed by atoms with Gasteiger partial charge in [-0.25, -0.2) is 4.39 Å². The average molecular weight is 285 g/mol. The van der Waals surface area contributed by atoms with Gasteiger partial charge in [-0.15, -0.1) is 0 Å². The molecule has 1 N–H and O–H groups in total. The summed E-state index contributed by atoms with van der Waals surface area (Å²) in [6, 6.07) is 4.88. The van der Waals surface area contributed by atoms with E-state index in [1.807, 2.05) is 0 Å². The minimum absolute atomic E-state index is 0.292. The molecule has 1 aromatic carbocycles. The van der Waals surface area contributed by atoms with Crippen molar-refractivity contribution in [3.05, 3.63) is 29.0 Å². The first-order chi connectivity index (χ1) is 9.10. The van der Waals surface area contributed by atoms with E-state index >= 15 is 0 Å². The van der Waals surface area contributed by atoms with E-state index in [2.05, 4.69) is 24.1 Å². The highest BCUT2D eigenvalue weighted by Crippen LogP contribution is 2.27. The number of hydrogen-bond acceptors (Lipinski definition) is 2. The molecule has 1 heterocycles. The Morgan fingerprint density at radius 1 is 1.42 bits per heavy atom. The van der Waals surface area contributed by atoms with Crippen LogP contribution in [0.5, 0.6) is 0 Å². The third-order valence-corrected chi connectivity index (χ3v) is 4.41. The van der Waals surface area contributed by atoms with Gasteiger partial charge in [0.1, 0.15) is 5.82 Å². The molecule has 19 heavy (non-hydrogen) atoms. The van der Waals surface area contributed by atoms with E-state index in [0.29, 0.717) is 17.0 Å². The Balaban J connectivity index is 1.92. The normalized spacial score (nSPS) is 19.4. The topological polar surface area (TPSA) is 15.3 Å². The van der Waals surface area contributed by atoms with Crippen LogP contribution in [0.2, 0.25) is 5.02 Å². The average Bonchev–Trinajstić information content (AvgIpc) is 2.42. The number of rotatable bonds is 4.